The summed E-state index contributed by atoms with van der Waals surface area (Å²) in [4.78, 5) is 24.9. The van der Waals surface area contributed by atoms with Crippen molar-refractivity contribution in [2.45, 2.75) is 31.7 Å². The molecule has 5 nitrogen and oxygen atoms in total. The van der Waals surface area contributed by atoms with Crippen LogP contribution in [-0.4, -0.2) is 28.7 Å². The zero-order valence-electron chi connectivity index (χ0n) is 13.1. The second-order valence-electron chi connectivity index (χ2n) is 5.85. The van der Waals surface area contributed by atoms with E-state index in [4.69, 9.17) is 0 Å². The van der Waals surface area contributed by atoms with Crippen molar-refractivity contribution in [2.75, 3.05) is 6.61 Å². The lowest BCUT2D eigenvalue weighted by Crippen LogP contribution is -2.31. The molecule has 0 spiro atoms. The summed E-state index contributed by atoms with van der Waals surface area (Å²) in [5, 5.41) is 21.8. The summed E-state index contributed by atoms with van der Waals surface area (Å²) in [6.45, 7) is -0.213. The van der Waals surface area contributed by atoms with Crippen LogP contribution in [0, 0.1) is 0 Å². The van der Waals surface area contributed by atoms with E-state index in [9.17, 15) is 19.8 Å². The van der Waals surface area contributed by atoms with E-state index in [1.807, 2.05) is 30.3 Å². The fraction of sp³-hybridized carbons (Fsp3) is 0.333. The Morgan fingerprint density at radius 1 is 1.08 bits per heavy atom. The van der Waals surface area contributed by atoms with Crippen LogP contribution in [0.15, 0.2) is 30.3 Å². The van der Waals surface area contributed by atoms with Crippen LogP contribution >= 0.6 is 11.3 Å². The Morgan fingerprint density at radius 3 is 2.29 bits per heavy atom. The standard InChI is InChI=1S/C18H19NO4S/c20-10-14(11-6-2-1-3-7-11)19-17(21)15-12-8-4-5-9-13(12)16(24-15)18(22)23/h1-3,6-7,14,20H,4-5,8-10H2,(H,19,21)(H,22,23)/t14-/m1/s1. The van der Waals surface area contributed by atoms with Gasteiger partial charge in [0.15, 0.2) is 0 Å². The summed E-state index contributed by atoms with van der Waals surface area (Å²) in [6.07, 6.45) is 3.36. The van der Waals surface area contributed by atoms with Crippen molar-refractivity contribution in [2.24, 2.45) is 0 Å². The average molecular weight is 345 g/mol. The second-order valence-corrected chi connectivity index (χ2v) is 6.87. The Morgan fingerprint density at radius 2 is 1.71 bits per heavy atom. The third kappa shape index (κ3) is 3.20. The SMILES string of the molecule is O=C(O)c1sc(C(=O)N[C@H](CO)c2ccccc2)c2c1CCCC2. The molecule has 0 unspecified atom stereocenters. The van der Waals surface area contributed by atoms with Crippen LogP contribution in [0.1, 0.15) is 54.9 Å². The van der Waals surface area contributed by atoms with E-state index in [-0.39, 0.29) is 17.4 Å². The molecule has 1 atom stereocenters. The van der Waals surface area contributed by atoms with E-state index in [0.717, 1.165) is 47.3 Å². The molecule has 0 saturated carbocycles. The lowest BCUT2D eigenvalue weighted by molar-refractivity contribution is 0.0700. The van der Waals surface area contributed by atoms with Crippen LogP contribution in [0.3, 0.4) is 0 Å². The molecule has 0 radical (unpaired) electrons. The van der Waals surface area contributed by atoms with Gasteiger partial charge in [0, 0.05) is 0 Å². The molecule has 126 valence electrons. The molecule has 1 aromatic heterocycles. The predicted octanol–water partition coefficient (Wildman–Crippen LogP) is 2.79. The summed E-state index contributed by atoms with van der Waals surface area (Å²) in [6, 6.07) is 8.74. The first-order valence-corrected chi connectivity index (χ1v) is 8.78. The van der Waals surface area contributed by atoms with Gasteiger partial charge in [0.05, 0.1) is 17.5 Å². The molecule has 1 aromatic carbocycles. The number of fused-ring (bicyclic) bond motifs is 1. The highest BCUT2D eigenvalue weighted by Crippen LogP contribution is 2.34. The average Bonchev–Trinajstić information content (AvgIpc) is 3.00. The van der Waals surface area contributed by atoms with E-state index in [1.54, 1.807) is 0 Å². The fourth-order valence-corrected chi connectivity index (χ4v) is 4.27. The third-order valence-corrected chi connectivity index (χ3v) is 5.57. The first kappa shape index (κ1) is 16.7. The molecule has 0 fully saturated rings. The Bertz CT molecular complexity index is 754. The minimum Gasteiger partial charge on any atom is -0.477 e. The summed E-state index contributed by atoms with van der Waals surface area (Å²) < 4.78 is 0. The molecule has 3 rings (SSSR count). The van der Waals surface area contributed by atoms with E-state index in [0.29, 0.717) is 11.3 Å². The summed E-state index contributed by atoms with van der Waals surface area (Å²) in [7, 11) is 0. The van der Waals surface area contributed by atoms with Gasteiger partial charge in [-0.25, -0.2) is 4.79 Å². The van der Waals surface area contributed by atoms with Gasteiger partial charge in [0.25, 0.3) is 5.91 Å². The van der Waals surface area contributed by atoms with Crippen LogP contribution in [0.2, 0.25) is 0 Å². The number of carbonyl (C=O) groups is 2. The quantitative estimate of drug-likeness (QED) is 0.778. The molecule has 2 aromatic rings. The van der Waals surface area contributed by atoms with Gasteiger partial charge in [-0.2, -0.15) is 0 Å². The Balaban J connectivity index is 1.88. The van der Waals surface area contributed by atoms with Crippen LogP contribution < -0.4 is 5.32 Å². The van der Waals surface area contributed by atoms with Gasteiger partial charge in [0.1, 0.15) is 4.88 Å². The molecule has 0 saturated heterocycles. The maximum Gasteiger partial charge on any atom is 0.346 e. The second kappa shape index (κ2) is 7.15. The van der Waals surface area contributed by atoms with Crippen molar-refractivity contribution in [3.63, 3.8) is 0 Å². The maximum atomic E-state index is 12.7. The van der Waals surface area contributed by atoms with Crippen molar-refractivity contribution < 1.29 is 19.8 Å². The van der Waals surface area contributed by atoms with E-state index in [2.05, 4.69) is 5.32 Å². The number of hydrogen-bond donors (Lipinski definition) is 3. The van der Waals surface area contributed by atoms with Crippen molar-refractivity contribution in [1.29, 1.82) is 0 Å². The first-order valence-electron chi connectivity index (χ1n) is 7.96. The number of aliphatic hydroxyl groups excluding tert-OH is 1. The van der Waals surface area contributed by atoms with Crippen molar-refractivity contribution in [3.05, 3.63) is 56.8 Å². The smallest absolute Gasteiger partial charge is 0.346 e. The van der Waals surface area contributed by atoms with Gasteiger partial charge >= 0.3 is 5.97 Å². The Kier molecular flexibility index (Phi) is 4.97. The van der Waals surface area contributed by atoms with Crippen LogP contribution in [0.25, 0.3) is 0 Å². The van der Waals surface area contributed by atoms with Crippen LogP contribution in [0.5, 0.6) is 0 Å². The summed E-state index contributed by atoms with van der Waals surface area (Å²) >= 11 is 1.05. The molecule has 3 N–H and O–H groups in total. The first-order chi connectivity index (χ1) is 11.6. The summed E-state index contributed by atoms with van der Waals surface area (Å²) in [5.41, 5.74) is 2.49. The van der Waals surface area contributed by atoms with Crippen molar-refractivity contribution in [3.8, 4) is 0 Å². The highest BCUT2D eigenvalue weighted by atomic mass is 32.1. The molecule has 6 heteroatoms. The maximum absolute atomic E-state index is 12.7. The van der Waals surface area contributed by atoms with Crippen LogP contribution in [-0.2, 0) is 12.8 Å². The Hall–Kier alpha value is -2.18. The lowest BCUT2D eigenvalue weighted by atomic mass is 9.92. The number of rotatable bonds is 5. The number of benzene rings is 1. The topological polar surface area (TPSA) is 86.6 Å². The minimum absolute atomic E-state index is 0.213. The fourth-order valence-electron chi connectivity index (χ4n) is 3.13. The molecular weight excluding hydrogens is 326 g/mol. The number of aliphatic hydroxyl groups is 1. The highest BCUT2D eigenvalue weighted by Gasteiger charge is 2.28. The molecule has 0 bridgehead atoms. The largest absolute Gasteiger partial charge is 0.477 e. The summed E-state index contributed by atoms with van der Waals surface area (Å²) in [5.74, 6) is -1.28. The molecule has 1 aliphatic rings. The molecule has 1 aliphatic carbocycles. The van der Waals surface area contributed by atoms with E-state index in [1.165, 1.54) is 0 Å². The zero-order valence-corrected chi connectivity index (χ0v) is 13.9. The predicted molar refractivity (Wildman–Crippen MR) is 91.7 cm³/mol. The van der Waals surface area contributed by atoms with Gasteiger partial charge in [-0.3, -0.25) is 4.79 Å². The number of thiophene rings is 1. The van der Waals surface area contributed by atoms with Gasteiger partial charge in [-0.15, -0.1) is 11.3 Å². The van der Waals surface area contributed by atoms with Gasteiger partial charge in [0.2, 0.25) is 0 Å². The normalized spacial score (nSPS) is 14.7. The molecule has 0 aliphatic heterocycles. The van der Waals surface area contributed by atoms with E-state index >= 15 is 0 Å². The molecule has 1 amide bonds. The van der Waals surface area contributed by atoms with Gasteiger partial charge in [-0.05, 0) is 42.4 Å². The molecule has 24 heavy (non-hydrogen) atoms. The van der Waals surface area contributed by atoms with E-state index < -0.39 is 12.0 Å². The minimum atomic E-state index is -0.973. The van der Waals surface area contributed by atoms with Crippen LogP contribution in [0.4, 0.5) is 0 Å². The molecular formula is C18H19NO4S. The number of hydrogen-bond acceptors (Lipinski definition) is 4. The zero-order chi connectivity index (χ0) is 17.1. The number of carboxylic acid groups (broad SMARTS) is 1. The number of carbonyl (C=O) groups excluding carboxylic acids is 1. The number of aromatic carboxylic acids is 1. The van der Waals surface area contributed by atoms with Gasteiger partial charge in [-0.1, -0.05) is 30.3 Å². The molecule has 1 heterocycles. The van der Waals surface area contributed by atoms with Crippen molar-refractivity contribution >= 4 is 23.2 Å². The lowest BCUT2D eigenvalue weighted by Gasteiger charge is -2.18. The monoisotopic (exact) mass is 345 g/mol. The third-order valence-electron chi connectivity index (χ3n) is 4.31. The van der Waals surface area contributed by atoms with Crippen molar-refractivity contribution in [1.82, 2.24) is 5.32 Å². The van der Waals surface area contributed by atoms with Gasteiger partial charge < -0.3 is 15.5 Å². The number of nitrogens with one attached hydrogen (secondary N) is 1. The Labute approximate surface area is 144 Å². The highest BCUT2D eigenvalue weighted by molar-refractivity contribution is 7.16. The number of carboxylic acids is 1. The number of amides is 1.